The Morgan fingerprint density at radius 3 is 2.69 bits per heavy atom. The zero-order chi connectivity index (χ0) is 23.4. The van der Waals surface area contributed by atoms with Crippen LogP contribution < -0.4 is 10.1 Å². The third-order valence-corrected chi connectivity index (χ3v) is 5.88. The van der Waals surface area contributed by atoms with Gasteiger partial charge in [-0.05, 0) is 12.5 Å². The molecule has 2 amide bonds. The number of likely N-dealkylation sites (tertiary alicyclic amines) is 1. The van der Waals surface area contributed by atoms with Gasteiger partial charge in [-0.3, -0.25) is 9.59 Å². The largest absolute Gasteiger partial charge is 0.490 e. The Morgan fingerprint density at radius 2 is 2.09 bits per heavy atom. The molecule has 0 radical (unpaired) electrons. The summed E-state index contributed by atoms with van der Waals surface area (Å²) >= 11 is 1.39. The molecule has 0 aromatic carbocycles. The Morgan fingerprint density at radius 1 is 1.34 bits per heavy atom. The third kappa shape index (κ3) is 5.15. The van der Waals surface area contributed by atoms with Crippen molar-refractivity contribution < 1.29 is 37.4 Å². The van der Waals surface area contributed by atoms with Crippen LogP contribution in [-0.4, -0.2) is 70.2 Å². The second-order valence-electron chi connectivity index (χ2n) is 7.20. The number of ether oxygens (including phenoxy) is 1. The van der Waals surface area contributed by atoms with Crippen molar-refractivity contribution in [1.29, 1.82) is 0 Å². The maximum Gasteiger partial charge on any atom is 0.490 e. The van der Waals surface area contributed by atoms with Crippen LogP contribution in [0.4, 0.5) is 13.2 Å². The molecule has 2 saturated heterocycles. The Hall–Kier alpha value is -3.22. The second-order valence-corrected chi connectivity index (χ2v) is 7.91. The number of rotatable bonds is 4. The lowest BCUT2D eigenvalue weighted by atomic mass is 9.77. The van der Waals surface area contributed by atoms with E-state index in [-0.39, 0.29) is 17.7 Å². The van der Waals surface area contributed by atoms with Gasteiger partial charge in [-0.15, -0.1) is 11.3 Å². The predicted octanol–water partition coefficient (Wildman–Crippen LogP) is 1.83. The van der Waals surface area contributed by atoms with Crippen LogP contribution in [0.2, 0.25) is 0 Å². The Balaban J connectivity index is 0.000000360. The van der Waals surface area contributed by atoms with E-state index in [1.54, 1.807) is 28.1 Å². The fraction of sp³-hybridized carbons (Fsp3) is 0.421. The monoisotopic (exact) mass is 472 g/mol. The first-order chi connectivity index (χ1) is 15.1. The van der Waals surface area contributed by atoms with Gasteiger partial charge in [-0.2, -0.15) is 13.2 Å². The number of aromatic nitrogens is 2. The fourth-order valence-corrected chi connectivity index (χ4v) is 4.14. The number of carbonyl (C=O) groups is 3. The quantitative estimate of drug-likeness (QED) is 0.696. The molecule has 32 heavy (non-hydrogen) atoms. The molecule has 13 heteroatoms. The van der Waals surface area contributed by atoms with E-state index in [9.17, 15) is 22.8 Å². The first kappa shape index (κ1) is 23.4. The number of aliphatic carboxylic acids is 1. The highest BCUT2D eigenvalue weighted by Crippen LogP contribution is 2.42. The number of halogens is 3. The summed E-state index contributed by atoms with van der Waals surface area (Å²) in [6, 6.07) is 5.48. The number of nitrogens with one attached hydrogen (secondary N) is 1. The number of alkyl halides is 3. The number of hydrogen-bond acceptors (Lipinski definition) is 7. The third-order valence-electron chi connectivity index (χ3n) is 5.29. The zero-order valence-corrected chi connectivity index (χ0v) is 17.4. The molecule has 2 atom stereocenters. The van der Waals surface area contributed by atoms with Crippen LogP contribution in [-0.2, 0) is 9.59 Å². The van der Waals surface area contributed by atoms with Gasteiger partial charge in [0.05, 0.1) is 17.5 Å². The van der Waals surface area contributed by atoms with E-state index in [0.717, 1.165) is 0 Å². The van der Waals surface area contributed by atoms with Gasteiger partial charge < -0.3 is 20.1 Å². The molecule has 0 saturated carbocycles. The van der Waals surface area contributed by atoms with Crippen LogP contribution >= 0.6 is 11.3 Å². The molecule has 2 N–H and O–H groups in total. The predicted molar refractivity (Wildman–Crippen MR) is 105 cm³/mol. The number of hydrogen-bond donors (Lipinski definition) is 2. The normalized spacial score (nSPS) is 22.3. The highest BCUT2D eigenvalue weighted by molar-refractivity contribution is 7.07. The molecule has 9 nitrogen and oxygen atoms in total. The minimum absolute atomic E-state index is 0.00948. The van der Waals surface area contributed by atoms with Gasteiger partial charge in [0.15, 0.2) is 0 Å². The molecule has 2 aliphatic heterocycles. The van der Waals surface area contributed by atoms with Crippen LogP contribution in [0.15, 0.2) is 35.3 Å². The number of carbonyl (C=O) groups excluding carboxylic acids is 2. The van der Waals surface area contributed by atoms with Crippen molar-refractivity contribution in [2.75, 3.05) is 26.2 Å². The first-order valence-electron chi connectivity index (χ1n) is 9.43. The number of nitrogens with zero attached hydrogens (tertiary/aromatic N) is 3. The maximum absolute atomic E-state index is 12.5. The van der Waals surface area contributed by atoms with Crippen LogP contribution in [0.3, 0.4) is 0 Å². The molecule has 2 aliphatic rings. The minimum atomic E-state index is -5.08. The summed E-state index contributed by atoms with van der Waals surface area (Å²) in [7, 11) is 0. The molecule has 0 aliphatic carbocycles. The smallest absolute Gasteiger partial charge is 0.477 e. The minimum Gasteiger partial charge on any atom is -0.477 e. The summed E-state index contributed by atoms with van der Waals surface area (Å²) < 4.78 is 37.5. The number of carboxylic acid groups (broad SMARTS) is 1. The molecular formula is C19H19F3N4O5S. The Kier molecular flexibility index (Phi) is 6.96. The van der Waals surface area contributed by atoms with Gasteiger partial charge in [0.1, 0.15) is 5.69 Å². The first-order valence-corrected chi connectivity index (χ1v) is 10.4. The lowest BCUT2D eigenvalue weighted by molar-refractivity contribution is -0.192. The fourth-order valence-electron chi connectivity index (χ4n) is 3.61. The molecule has 1 spiro atoms. The molecule has 2 aromatic rings. The van der Waals surface area contributed by atoms with Crippen LogP contribution in [0.25, 0.3) is 0 Å². The zero-order valence-electron chi connectivity index (χ0n) is 16.5. The molecule has 4 rings (SSSR count). The number of amides is 2. The van der Waals surface area contributed by atoms with E-state index >= 15 is 0 Å². The van der Waals surface area contributed by atoms with E-state index in [4.69, 9.17) is 14.6 Å². The molecule has 2 fully saturated rings. The van der Waals surface area contributed by atoms with Gasteiger partial charge in [0.2, 0.25) is 11.8 Å². The average molecular weight is 472 g/mol. The van der Waals surface area contributed by atoms with Gasteiger partial charge in [-0.1, -0.05) is 6.07 Å². The van der Waals surface area contributed by atoms with Crippen LogP contribution in [0, 0.1) is 11.3 Å². The highest BCUT2D eigenvalue weighted by Gasteiger charge is 2.55. The molecular weight excluding hydrogens is 453 g/mol. The number of pyridine rings is 1. The molecule has 0 bridgehead atoms. The number of carboxylic acids is 1. The van der Waals surface area contributed by atoms with Crippen LogP contribution in [0.1, 0.15) is 16.9 Å². The van der Waals surface area contributed by atoms with Gasteiger partial charge in [0, 0.05) is 43.2 Å². The van der Waals surface area contributed by atoms with E-state index in [1.165, 1.54) is 11.3 Å². The van der Waals surface area contributed by atoms with Crippen molar-refractivity contribution in [3.8, 4) is 5.88 Å². The van der Waals surface area contributed by atoms with Crippen molar-refractivity contribution in [2.24, 2.45) is 11.3 Å². The van der Waals surface area contributed by atoms with E-state index in [0.29, 0.717) is 44.2 Å². The summed E-state index contributed by atoms with van der Waals surface area (Å²) in [5.41, 5.74) is 1.51. The van der Waals surface area contributed by atoms with Gasteiger partial charge >= 0.3 is 12.1 Å². The number of thiazole rings is 1. The SMILES string of the molecule is O=C(O)C(F)(F)F.O=C(c1cscn1)N1CC[C@]2(C1)C(=O)NC[C@H]2COc1ccccn1. The standard InChI is InChI=1S/C17H18N4O3S.C2HF3O2/c22-15(13-9-25-11-20-13)21-6-4-17(10-21)12(7-19-16(17)23)8-24-14-3-1-2-5-18-14;3-2(4,5)1(6)7/h1-3,5,9,11-12H,4,6-8,10H2,(H,19,23);(H,6,7)/t12-,17+;/m0./s1. The van der Waals surface area contributed by atoms with Crippen LogP contribution in [0.5, 0.6) is 5.88 Å². The average Bonchev–Trinajstić information content (AvgIpc) is 3.50. The van der Waals surface area contributed by atoms with Crippen molar-refractivity contribution in [3.63, 3.8) is 0 Å². The summed E-state index contributed by atoms with van der Waals surface area (Å²) in [4.78, 5) is 43.9. The topological polar surface area (TPSA) is 122 Å². The molecule has 0 unspecified atom stereocenters. The molecule has 172 valence electrons. The highest BCUT2D eigenvalue weighted by atomic mass is 32.1. The lowest BCUT2D eigenvalue weighted by Gasteiger charge is -2.27. The summed E-state index contributed by atoms with van der Waals surface area (Å²) in [5, 5.41) is 11.8. The van der Waals surface area contributed by atoms with E-state index in [1.807, 2.05) is 12.1 Å². The van der Waals surface area contributed by atoms with E-state index in [2.05, 4.69) is 15.3 Å². The van der Waals surface area contributed by atoms with Crippen molar-refractivity contribution in [1.82, 2.24) is 20.2 Å². The lowest BCUT2D eigenvalue weighted by Crippen LogP contribution is -2.41. The maximum atomic E-state index is 12.5. The van der Waals surface area contributed by atoms with Crippen molar-refractivity contribution >= 4 is 29.1 Å². The molecule has 4 heterocycles. The summed E-state index contributed by atoms with van der Waals surface area (Å²) in [5.74, 6) is -2.30. The Bertz CT molecular complexity index is 958. The van der Waals surface area contributed by atoms with Crippen molar-refractivity contribution in [2.45, 2.75) is 12.6 Å². The Labute approximate surface area is 184 Å². The van der Waals surface area contributed by atoms with Gasteiger partial charge in [-0.25, -0.2) is 14.8 Å². The summed E-state index contributed by atoms with van der Waals surface area (Å²) in [6.45, 7) is 1.92. The van der Waals surface area contributed by atoms with Gasteiger partial charge in [0.25, 0.3) is 5.91 Å². The second kappa shape index (κ2) is 9.51. The van der Waals surface area contributed by atoms with E-state index < -0.39 is 17.6 Å². The van der Waals surface area contributed by atoms with Crippen molar-refractivity contribution in [3.05, 3.63) is 41.0 Å². The summed E-state index contributed by atoms with van der Waals surface area (Å²) in [6.07, 6.45) is -2.77. The molecule has 2 aromatic heterocycles.